The van der Waals surface area contributed by atoms with E-state index in [0.29, 0.717) is 17.4 Å². The van der Waals surface area contributed by atoms with E-state index in [1.54, 1.807) is 7.11 Å². The number of benzene rings is 1. The summed E-state index contributed by atoms with van der Waals surface area (Å²) in [7, 11) is 1.62. The van der Waals surface area contributed by atoms with Gasteiger partial charge in [0.15, 0.2) is 0 Å². The van der Waals surface area contributed by atoms with Crippen molar-refractivity contribution in [2.24, 2.45) is 0 Å². The van der Waals surface area contributed by atoms with Crippen LogP contribution in [0.4, 0.5) is 5.95 Å². The summed E-state index contributed by atoms with van der Waals surface area (Å²) < 4.78 is 5.39. The van der Waals surface area contributed by atoms with Gasteiger partial charge < -0.3 is 14.5 Å². The lowest BCUT2D eigenvalue weighted by Gasteiger charge is -2.38. The Morgan fingerprint density at radius 2 is 1.68 bits per heavy atom. The van der Waals surface area contributed by atoms with Gasteiger partial charge in [-0.3, -0.25) is 9.69 Å². The zero-order valence-corrected chi connectivity index (χ0v) is 18.9. The number of ether oxygens (including phenoxy) is 1. The summed E-state index contributed by atoms with van der Waals surface area (Å²) in [5.41, 5.74) is 2.70. The van der Waals surface area contributed by atoms with E-state index >= 15 is 0 Å². The van der Waals surface area contributed by atoms with Gasteiger partial charge in [0, 0.05) is 56.7 Å². The first-order valence-corrected chi connectivity index (χ1v) is 11.3. The van der Waals surface area contributed by atoms with Crippen LogP contribution in [0.25, 0.3) is 0 Å². The van der Waals surface area contributed by atoms with E-state index in [9.17, 15) is 4.79 Å². The molecule has 3 heterocycles. The van der Waals surface area contributed by atoms with Crippen LogP contribution in [0.15, 0.2) is 30.3 Å². The molecule has 0 spiro atoms. The largest absolute Gasteiger partial charge is 0.496 e. The van der Waals surface area contributed by atoms with Gasteiger partial charge in [-0.1, -0.05) is 12.1 Å². The van der Waals surface area contributed by atoms with Crippen LogP contribution in [0.2, 0.25) is 0 Å². The lowest BCUT2D eigenvalue weighted by molar-refractivity contribution is 0.0753. The summed E-state index contributed by atoms with van der Waals surface area (Å²) in [6.07, 6.45) is 3.22. The molecule has 1 amide bonds. The molecular formula is C24H33N5O2. The molecule has 0 bridgehead atoms. The first-order valence-electron chi connectivity index (χ1n) is 11.3. The second-order valence-corrected chi connectivity index (χ2v) is 8.55. The van der Waals surface area contributed by atoms with Crippen LogP contribution in [-0.4, -0.2) is 78.1 Å². The molecule has 2 aliphatic heterocycles. The highest BCUT2D eigenvalue weighted by Crippen LogP contribution is 2.23. The first kappa shape index (κ1) is 21.6. The molecule has 1 aromatic heterocycles. The Balaban J connectivity index is 1.34. The molecule has 1 aromatic carbocycles. The summed E-state index contributed by atoms with van der Waals surface area (Å²) in [5.74, 6) is 1.58. The van der Waals surface area contributed by atoms with Crippen molar-refractivity contribution in [3.63, 3.8) is 0 Å². The van der Waals surface area contributed by atoms with Crippen molar-refractivity contribution in [1.82, 2.24) is 19.8 Å². The number of hydrogen-bond donors (Lipinski definition) is 0. The molecule has 7 nitrogen and oxygen atoms in total. The molecule has 0 N–H and O–H groups in total. The van der Waals surface area contributed by atoms with Crippen LogP contribution in [0.1, 0.15) is 41.0 Å². The standard InChI is InChI=1S/C24H33N5O2/c1-18-17-19(2)26-24(25-18)29-13-9-20(10-14-29)27-11-6-12-28(16-15-27)23(30)21-7-4-5-8-22(21)31-3/h4-5,7-8,17,20H,6,9-16H2,1-3H3. The number of methoxy groups -OCH3 is 1. The predicted molar refractivity (Wildman–Crippen MR) is 122 cm³/mol. The Hall–Kier alpha value is -2.67. The van der Waals surface area contributed by atoms with Crippen molar-refractivity contribution in [3.8, 4) is 5.75 Å². The average Bonchev–Trinajstić information content (AvgIpc) is 3.04. The fourth-order valence-corrected chi connectivity index (χ4v) is 4.78. The minimum atomic E-state index is 0.0704. The molecule has 4 rings (SSSR count). The molecule has 31 heavy (non-hydrogen) atoms. The number of piperidine rings is 1. The summed E-state index contributed by atoms with van der Waals surface area (Å²) in [5, 5.41) is 0. The molecule has 2 aromatic rings. The number of nitrogens with zero attached hydrogens (tertiary/aromatic N) is 5. The maximum Gasteiger partial charge on any atom is 0.257 e. The zero-order valence-electron chi connectivity index (χ0n) is 18.9. The van der Waals surface area contributed by atoms with Crippen LogP contribution in [0.5, 0.6) is 5.75 Å². The lowest BCUT2D eigenvalue weighted by atomic mass is 10.0. The van der Waals surface area contributed by atoms with E-state index in [1.165, 1.54) is 0 Å². The quantitative estimate of drug-likeness (QED) is 0.754. The smallest absolute Gasteiger partial charge is 0.257 e. The third-order valence-electron chi connectivity index (χ3n) is 6.39. The molecule has 2 saturated heterocycles. The first-order chi connectivity index (χ1) is 15.0. The highest BCUT2D eigenvalue weighted by atomic mass is 16.5. The second-order valence-electron chi connectivity index (χ2n) is 8.55. The molecule has 0 radical (unpaired) electrons. The van der Waals surface area contributed by atoms with Gasteiger partial charge in [-0.05, 0) is 51.3 Å². The normalized spacial score (nSPS) is 18.7. The highest BCUT2D eigenvalue weighted by Gasteiger charge is 2.29. The number of aromatic nitrogens is 2. The van der Waals surface area contributed by atoms with Gasteiger partial charge in [-0.25, -0.2) is 9.97 Å². The van der Waals surface area contributed by atoms with Gasteiger partial charge in [0.2, 0.25) is 5.95 Å². The molecule has 2 aliphatic rings. The SMILES string of the molecule is COc1ccccc1C(=O)N1CCCN(C2CCN(c3nc(C)cc(C)n3)CC2)CC1. The Morgan fingerprint density at radius 1 is 0.968 bits per heavy atom. The van der Waals surface area contributed by atoms with Crippen LogP contribution in [-0.2, 0) is 0 Å². The van der Waals surface area contributed by atoms with Gasteiger partial charge in [0.05, 0.1) is 12.7 Å². The monoisotopic (exact) mass is 423 g/mol. The van der Waals surface area contributed by atoms with Gasteiger partial charge in [-0.2, -0.15) is 0 Å². The van der Waals surface area contributed by atoms with E-state index in [-0.39, 0.29) is 5.91 Å². The highest BCUT2D eigenvalue weighted by molar-refractivity contribution is 5.97. The molecule has 2 fully saturated rings. The minimum absolute atomic E-state index is 0.0704. The van der Waals surface area contributed by atoms with Gasteiger partial charge in [0.1, 0.15) is 5.75 Å². The zero-order chi connectivity index (χ0) is 21.8. The second kappa shape index (κ2) is 9.64. The minimum Gasteiger partial charge on any atom is -0.496 e. The van der Waals surface area contributed by atoms with Crippen molar-refractivity contribution < 1.29 is 9.53 Å². The molecule has 7 heteroatoms. The molecule has 0 unspecified atom stereocenters. The molecular weight excluding hydrogens is 390 g/mol. The van der Waals surface area contributed by atoms with Crippen LogP contribution in [0, 0.1) is 13.8 Å². The summed E-state index contributed by atoms with van der Waals surface area (Å²) in [6, 6.07) is 10.1. The van der Waals surface area contributed by atoms with Crippen LogP contribution in [0.3, 0.4) is 0 Å². The van der Waals surface area contributed by atoms with Gasteiger partial charge in [-0.15, -0.1) is 0 Å². The van der Waals surface area contributed by atoms with Crippen molar-refractivity contribution in [2.75, 3.05) is 51.3 Å². The number of rotatable bonds is 4. The Kier molecular flexibility index (Phi) is 6.70. The van der Waals surface area contributed by atoms with E-state index in [4.69, 9.17) is 4.74 Å². The topological polar surface area (TPSA) is 61.8 Å². The number of carbonyl (C=O) groups excluding carboxylic acids is 1. The van der Waals surface area contributed by atoms with Gasteiger partial charge >= 0.3 is 0 Å². The number of anilines is 1. The van der Waals surface area contributed by atoms with Crippen molar-refractivity contribution in [2.45, 2.75) is 39.2 Å². The van der Waals surface area contributed by atoms with Crippen molar-refractivity contribution >= 4 is 11.9 Å². The molecule has 0 atom stereocenters. The van der Waals surface area contributed by atoms with Crippen molar-refractivity contribution in [1.29, 1.82) is 0 Å². The molecule has 166 valence electrons. The fraction of sp³-hybridized carbons (Fsp3) is 0.542. The summed E-state index contributed by atoms with van der Waals surface area (Å²) in [4.78, 5) is 29.2. The average molecular weight is 424 g/mol. The van der Waals surface area contributed by atoms with Gasteiger partial charge in [0.25, 0.3) is 5.91 Å². The lowest BCUT2D eigenvalue weighted by Crippen LogP contribution is -2.46. The summed E-state index contributed by atoms with van der Waals surface area (Å²) >= 11 is 0. The van der Waals surface area contributed by atoms with E-state index in [2.05, 4.69) is 19.8 Å². The summed E-state index contributed by atoms with van der Waals surface area (Å²) in [6.45, 7) is 9.54. The number of hydrogen-bond acceptors (Lipinski definition) is 6. The fourth-order valence-electron chi connectivity index (χ4n) is 4.78. The third kappa shape index (κ3) is 4.98. The third-order valence-corrected chi connectivity index (χ3v) is 6.39. The van der Waals surface area contributed by atoms with E-state index in [0.717, 1.165) is 75.9 Å². The maximum atomic E-state index is 13.1. The molecule has 0 saturated carbocycles. The van der Waals surface area contributed by atoms with Crippen molar-refractivity contribution in [3.05, 3.63) is 47.3 Å². The van der Waals surface area contributed by atoms with E-state index < -0.39 is 0 Å². The molecule has 0 aliphatic carbocycles. The predicted octanol–water partition coefficient (Wildman–Crippen LogP) is 2.92. The Bertz CT molecular complexity index is 890. The van der Waals surface area contributed by atoms with Crippen LogP contribution >= 0.6 is 0 Å². The number of amides is 1. The maximum absolute atomic E-state index is 13.1. The Morgan fingerprint density at radius 3 is 2.39 bits per heavy atom. The van der Waals surface area contributed by atoms with Crippen LogP contribution < -0.4 is 9.64 Å². The Labute approximate surface area is 185 Å². The number of para-hydroxylation sites is 1. The number of carbonyl (C=O) groups is 1. The van der Waals surface area contributed by atoms with E-state index in [1.807, 2.05) is 49.1 Å². The number of aryl methyl sites for hydroxylation is 2.